The molecule has 40 heavy (non-hydrogen) atoms. The van der Waals surface area contributed by atoms with Crippen LogP contribution in [0.15, 0.2) is 54.6 Å². The Kier molecular flexibility index (Phi) is 8.24. The second kappa shape index (κ2) is 11.6. The maximum atomic E-state index is 13.6. The molecule has 2 aromatic carbocycles. The first kappa shape index (κ1) is 28.4. The molecule has 3 aromatic rings. The average Bonchev–Trinajstić information content (AvgIpc) is 3.46. The second-order valence-electron chi connectivity index (χ2n) is 8.76. The number of benzene rings is 2. The van der Waals surface area contributed by atoms with Crippen LogP contribution in [-0.2, 0) is 14.3 Å². The van der Waals surface area contributed by atoms with Gasteiger partial charge < -0.3 is 24.1 Å². The van der Waals surface area contributed by atoms with Gasteiger partial charge in [0.1, 0.15) is 23.0 Å². The van der Waals surface area contributed by atoms with Crippen molar-refractivity contribution in [2.45, 2.75) is 19.9 Å². The summed E-state index contributed by atoms with van der Waals surface area (Å²) in [5, 5.41) is 11.6. The first-order chi connectivity index (χ1) is 19.2. The van der Waals surface area contributed by atoms with Crippen LogP contribution in [0.3, 0.4) is 0 Å². The van der Waals surface area contributed by atoms with E-state index in [9.17, 15) is 19.5 Å². The number of aryl methyl sites for hydroxylation is 2. The van der Waals surface area contributed by atoms with Crippen LogP contribution in [0.2, 0.25) is 0 Å². The number of aliphatic hydroxyl groups excluding tert-OH is 1. The van der Waals surface area contributed by atoms with Gasteiger partial charge in [-0.15, -0.1) is 0 Å². The molecule has 1 N–H and O–H groups in total. The van der Waals surface area contributed by atoms with E-state index in [1.54, 1.807) is 56.3 Å². The molecule has 4 rings (SSSR count). The molecule has 1 saturated heterocycles. The van der Waals surface area contributed by atoms with Gasteiger partial charge in [-0.05, 0) is 55.3 Å². The average molecular weight is 565 g/mol. The van der Waals surface area contributed by atoms with E-state index in [0.717, 1.165) is 11.3 Å². The quantitative estimate of drug-likeness (QED) is 0.129. The zero-order valence-electron chi connectivity index (χ0n) is 22.6. The Labute approximate surface area is 235 Å². The van der Waals surface area contributed by atoms with Crippen molar-refractivity contribution in [3.63, 3.8) is 0 Å². The minimum atomic E-state index is -1.09. The SMILES string of the molecule is C=CCOc1ccc(C(O)=C2C(=O)C(=O)N(c3nc(C)c(C(=O)OC)s3)[C@@H]2c2ccc(OC)c(OC)c2)c(C)c1. The Morgan fingerprint density at radius 2 is 1.82 bits per heavy atom. The molecule has 1 aliphatic heterocycles. The molecule has 1 fully saturated rings. The summed E-state index contributed by atoms with van der Waals surface area (Å²) >= 11 is 0.916. The summed E-state index contributed by atoms with van der Waals surface area (Å²) in [7, 11) is 4.19. The van der Waals surface area contributed by atoms with Crippen LogP contribution in [-0.4, -0.2) is 55.7 Å². The number of nitrogens with zero attached hydrogens (tertiary/aromatic N) is 2. The summed E-state index contributed by atoms with van der Waals surface area (Å²) in [5.41, 5.74) is 1.61. The number of ether oxygens (including phenoxy) is 4. The number of rotatable bonds is 9. The van der Waals surface area contributed by atoms with Crippen LogP contribution in [0, 0.1) is 13.8 Å². The maximum absolute atomic E-state index is 13.6. The van der Waals surface area contributed by atoms with E-state index < -0.39 is 23.7 Å². The number of hydrogen-bond donors (Lipinski definition) is 1. The molecule has 0 aliphatic carbocycles. The number of anilines is 1. The van der Waals surface area contributed by atoms with E-state index in [-0.39, 0.29) is 21.3 Å². The smallest absolute Gasteiger partial charge is 0.350 e. The molecule has 2 heterocycles. The fourth-order valence-corrected chi connectivity index (χ4v) is 5.44. The van der Waals surface area contributed by atoms with Crippen molar-refractivity contribution in [1.82, 2.24) is 4.98 Å². The summed E-state index contributed by atoms with van der Waals surface area (Å²) < 4.78 is 21.2. The number of esters is 1. The van der Waals surface area contributed by atoms with Crippen LogP contribution in [0.5, 0.6) is 17.2 Å². The predicted molar refractivity (Wildman–Crippen MR) is 149 cm³/mol. The number of amides is 1. The van der Waals surface area contributed by atoms with Crippen molar-refractivity contribution in [3.05, 3.63) is 81.9 Å². The van der Waals surface area contributed by atoms with E-state index >= 15 is 0 Å². The van der Waals surface area contributed by atoms with Crippen LogP contribution in [0.25, 0.3) is 5.76 Å². The molecule has 0 unspecified atom stereocenters. The predicted octanol–water partition coefficient (Wildman–Crippen LogP) is 4.75. The van der Waals surface area contributed by atoms with Crippen LogP contribution >= 0.6 is 11.3 Å². The van der Waals surface area contributed by atoms with Gasteiger partial charge in [0.2, 0.25) is 0 Å². The number of aromatic nitrogens is 1. The first-order valence-electron chi connectivity index (χ1n) is 12.1. The zero-order chi connectivity index (χ0) is 29.1. The Hall–Kier alpha value is -4.64. The summed E-state index contributed by atoms with van der Waals surface area (Å²) in [5.74, 6) is -1.45. The topological polar surface area (TPSA) is 124 Å². The highest BCUT2D eigenvalue weighted by Gasteiger charge is 2.48. The number of thiazole rings is 1. The fourth-order valence-electron chi connectivity index (χ4n) is 4.43. The molecule has 1 amide bonds. The fraction of sp³-hybridized carbons (Fsp3) is 0.241. The Bertz CT molecular complexity index is 1540. The number of Topliss-reactive ketones (excluding diaryl/α,β-unsaturated/α-hetero) is 1. The molecular formula is C29H28N2O8S. The van der Waals surface area contributed by atoms with Crippen molar-refractivity contribution in [2.75, 3.05) is 32.8 Å². The summed E-state index contributed by atoms with van der Waals surface area (Å²) in [6.07, 6.45) is 1.61. The lowest BCUT2D eigenvalue weighted by Crippen LogP contribution is -2.29. The van der Waals surface area contributed by atoms with Crippen molar-refractivity contribution in [3.8, 4) is 17.2 Å². The molecule has 0 spiro atoms. The van der Waals surface area contributed by atoms with Crippen molar-refractivity contribution < 1.29 is 38.4 Å². The molecule has 1 aromatic heterocycles. The van der Waals surface area contributed by atoms with E-state index in [2.05, 4.69) is 11.6 Å². The highest BCUT2D eigenvalue weighted by Crippen LogP contribution is 2.46. The van der Waals surface area contributed by atoms with E-state index in [4.69, 9.17) is 18.9 Å². The van der Waals surface area contributed by atoms with Gasteiger partial charge >= 0.3 is 11.9 Å². The third-order valence-electron chi connectivity index (χ3n) is 6.35. The van der Waals surface area contributed by atoms with Crippen LogP contribution in [0.4, 0.5) is 5.13 Å². The first-order valence-corrected chi connectivity index (χ1v) is 12.9. The van der Waals surface area contributed by atoms with Gasteiger partial charge in [-0.3, -0.25) is 14.5 Å². The van der Waals surface area contributed by atoms with E-state index in [0.29, 0.717) is 46.2 Å². The van der Waals surface area contributed by atoms with Crippen molar-refractivity contribution in [1.29, 1.82) is 0 Å². The number of aliphatic hydroxyl groups is 1. The number of hydrogen-bond acceptors (Lipinski definition) is 10. The normalized spacial score (nSPS) is 16.1. The molecule has 0 radical (unpaired) electrons. The molecule has 10 nitrogen and oxygen atoms in total. The van der Waals surface area contributed by atoms with Gasteiger partial charge in [0.15, 0.2) is 16.6 Å². The summed E-state index contributed by atoms with van der Waals surface area (Å²) in [4.78, 5) is 45.1. The lowest BCUT2D eigenvalue weighted by molar-refractivity contribution is -0.132. The largest absolute Gasteiger partial charge is 0.507 e. The van der Waals surface area contributed by atoms with E-state index in [1.165, 1.54) is 26.2 Å². The monoisotopic (exact) mass is 564 g/mol. The number of ketones is 1. The third kappa shape index (κ3) is 5.03. The molecule has 1 atom stereocenters. The summed E-state index contributed by atoms with van der Waals surface area (Å²) in [6.45, 7) is 7.29. The Morgan fingerprint density at radius 3 is 2.45 bits per heavy atom. The minimum Gasteiger partial charge on any atom is -0.507 e. The lowest BCUT2D eigenvalue weighted by Gasteiger charge is -2.24. The number of carbonyl (C=O) groups excluding carboxylic acids is 3. The number of carbonyl (C=O) groups is 3. The molecule has 11 heteroatoms. The molecule has 0 saturated carbocycles. The third-order valence-corrected chi connectivity index (χ3v) is 7.49. The van der Waals surface area contributed by atoms with Crippen LogP contribution < -0.4 is 19.1 Å². The van der Waals surface area contributed by atoms with Gasteiger partial charge in [-0.1, -0.05) is 30.1 Å². The molecule has 1 aliphatic rings. The van der Waals surface area contributed by atoms with Gasteiger partial charge in [-0.2, -0.15) is 0 Å². The van der Waals surface area contributed by atoms with Crippen molar-refractivity contribution >= 4 is 39.9 Å². The van der Waals surface area contributed by atoms with Gasteiger partial charge in [0, 0.05) is 5.56 Å². The zero-order valence-corrected chi connectivity index (χ0v) is 23.5. The highest BCUT2D eigenvalue weighted by atomic mass is 32.1. The standard InChI is InChI=1S/C29H28N2O8S/c1-7-12-39-18-9-10-19(15(2)13-18)24(32)22-23(17-8-11-20(36-4)21(14-17)37-5)31(27(34)25(22)33)29-30-16(3)26(40-29)28(35)38-6/h7-11,13-14,23,32H,1,12H2,2-6H3/t23-/m1/s1. The van der Waals surface area contributed by atoms with Crippen LogP contribution in [0.1, 0.15) is 38.1 Å². The van der Waals surface area contributed by atoms with Gasteiger partial charge in [-0.25, -0.2) is 9.78 Å². The van der Waals surface area contributed by atoms with Gasteiger partial charge in [0.25, 0.3) is 5.78 Å². The molecular weight excluding hydrogens is 536 g/mol. The van der Waals surface area contributed by atoms with Crippen molar-refractivity contribution in [2.24, 2.45) is 0 Å². The number of methoxy groups -OCH3 is 3. The Balaban J connectivity index is 1.94. The minimum absolute atomic E-state index is 0.101. The lowest BCUT2D eigenvalue weighted by atomic mass is 9.93. The highest BCUT2D eigenvalue weighted by molar-refractivity contribution is 7.17. The Morgan fingerprint density at radius 1 is 1.10 bits per heavy atom. The molecule has 208 valence electrons. The summed E-state index contributed by atoms with van der Waals surface area (Å²) in [6, 6.07) is 8.82. The molecule has 0 bridgehead atoms. The van der Waals surface area contributed by atoms with E-state index in [1.807, 2.05) is 0 Å². The maximum Gasteiger partial charge on any atom is 0.350 e. The van der Waals surface area contributed by atoms with Gasteiger partial charge in [0.05, 0.1) is 38.6 Å². The second-order valence-corrected chi connectivity index (χ2v) is 9.74.